The van der Waals surface area contributed by atoms with Crippen molar-refractivity contribution in [2.75, 3.05) is 12.8 Å². The molecule has 5 aromatic heterocycles. The summed E-state index contributed by atoms with van der Waals surface area (Å²) in [5.41, 5.74) is 8.10. The Balaban J connectivity index is 1.19. The van der Waals surface area contributed by atoms with Crippen molar-refractivity contribution in [2.45, 2.75) is 38.8 Å². The van der Waals surface area contributed by atoms with E-state index in [-0.39, 0.29) is 6.54 Å². The Bertz CT molecular complexity index is 2120. The number of pyridine rings is 3. The normalized spacial score (nSPS) is 14.2. The molecule has 1 aromatic carbocycles. The average molecular weight is 625 g/mol. The highest BCUT2D eigenvalue weighted by Crippen LogP contribution is 2.34. The van der Waals surface area contributed by atoms with Crippen LogP contribution >= 0.6 is 0 Å². The Hall–Kier alpha value is -4.52. The zero-order valence-electron chi connectivity index (χ0n) is 24.8. The lowest BCUT2D eigenvalue weighted by Crippen LogP contribution is -2.21. The SMILES string of the molecule is CS(=O)(=O)NCc1cc(F)cc(-c2nccc3[nH]c(-c4n[nH]c5ccc(-c6cncc(CNCC7CCCC7)c6)nc45)cc23)c1. The first-order valence-electron chi connectivity index (χ1n) is 15.0. The molecule has 10 nitrogen and oxygen atoms in total. The topological polar surface area (TPSA) is 141 Å². The van der Waals surface area contributed by atoms with Crippen LogP contribution in [0.25, 0.3) is 55.8 Å². The number of benzene rings is 1. The maximum absolute atomic E-state index is 14.6. The van der Waals surface area contributed by atoms with Crippen molar-refractivity contribution in [1.29, 1.82) is 0 Å². The van der Waals surface area contributed by atoms with Crippen LogP contribution in [0.2, 0.25) is 0 Å². The lowest BCUT2D eigenvalue weighted by atomic mass is 10.0. The average Bonchev–Trinajstić information content (AvgIpc) is 3.79. The molecule has 7 rings (SSSR count). The molecule has 1 aliphatic carbocycles. The van der Waals surface area contributed by atoms with E-state index in [9.17, 15) is 12.8 Å². The van der Waals surface area contributed by atoms with Gasteiger partial charge in [0.2, 0.25) is 10.0 Å². The number of fused-ring (bicyclic) bond motifs is 2. The standard InChI is InChI=1S/C33H33FN8O2S/c1-45(43,44)38-18-21-10-23(13-25(34)12-21)31-26-14-30(39-28(26)8-9-37-31)33-32-29(41-42-33)7-6-27(40-32)24-11-22(17-36-19-24)16-35-15-20-4-2-3-5-20/h6-14,17,19-20,35,38-39H,2-5,15-16,18H2,1H3,(H,41,42). The van der Waals surface area contributed by atoms with Crippen molar-refractivity contribution in [3.8, 4) is 33.9 Å². The first kappa shape index (κ1) is 29.2. The lowest BCUT2D eigenvalue weighted by Gasteiger charge is -2.11. The highest BCUT2D eigenvalue weighted by Gasteiger charge is 2.18. The second-order valence-electron chi connectivity index (χ2n) is 11.8. The zero-order chi connectivity index (χ0) is 31.0. The Kier molecular flexibility index (Phi) is 7.86. The van der Waals surface area contributed by atoms with Crippen LogP contribution in [0.1, 0.15) is 36.8 Å². The number of aromatic nitrogens is 6. The van der Waals surface area contributed by atoms with E-state index in [4.69, 9.17) is 4.98 Å². The molecular weight excluding hydrogens is 591 g/mol. The Morgan fingerprint density at radius 1 is 0.933 bits per heavy atom. The van der Waals surface area contributed by atoms with E-state index in [1.807, 2.05) is 36.7 Å². The highest BCUT2D eigenvalue weighted by atomic mass is 32.2. The van der Waals surface area contributed by atoms with E-state index < -0.39 is 15.8 Å². The smallest absolute Gasteiger partial charge is 0.209 e. The number of aromatic amines is 2. The predicted octanol–water partition coefficient (Wildman–Crippen LogP) is 5.70. The number of nitrogens with zero attached hydrogens (tertiary/aromatic N) is 4. The van der Waals surface area contributed by atoms with Crippen molar-refractivity contribution >= 4 is 32.0 Å². The Labute approximate surface area is 260 Å². The molecule has 12 heteroatoms. The number of sulfonamides is 1. The van der Waals surface area contributed by atoms with Gasteiger partial charge in [0.1, 0.15) is 17.0 Å². The summed E-state index contributed by atoms with van der Waals surface area (Å²) in [5.74, 6) is 0.294. The first-order chi connectivity index (χ1) is 21.8. The fourth-order valence-corrected chi connectivity index (χ4v) is 6.55. The number of hydrogen-bond donors (Lipinski definition) is 4. The van der Waals surface area contributed by atoms with Gasteiger partial charge in [-0.15, -0.1) is 0 Å². The molecule has 4 N–H and O–H groups in total. The molecule has 0 spiro atoms. The molecule has 0 radical (unpaired) electrons. The molecule has 0 amide bonds. The maximum Gasteiger partial charge on any atom is 0.209 e. The molecule has 1 aliphatic rings. The number of H-pyrrole nitrogens is 2. The molecular formula is C33H33FN8O2S. The summed E-state index contributed by atoms with van der Waals surface area (Å²) in [6.45, 7) is 1.78. The van der Waals surface area contributed by atoms with Crippen molar-refractivity contribution in [2.24, 2.45) is 5.92 Å². The molecule has 0 unspecified atom stereocenters. The summed E-state index contributed by atoms with van der Waals surface area (Å²) in [5, 5.41) is 12.0. The van der Waals surface area contributed by atoms with Crippen molar-refractivity contribution in [1.82, 2.24) is 40.2 Å². The summed E-state index contributed by atoms with van der Waals surface area (Å²) >= 11 is 0. The van der Waals surface area contributed by atoms with Gasteiger partial charge in [0, 0.05) is 53.7 Å². The summed E-state index contributed by atoms with van der Waals surface area (Å²) in [6.07, 6.45) is 11.7. The van der Waals surface area contributed by atoms with Crippen LogP contribution < -0.4 is 10.0 Å². The van der Waals surface area contributed by atoms with Gasteiger partial charge in [-0.2, -0.15) is 5.10 Å². The molecule has 6 aromatic rings. The second-order valence-corrected chi connectivity index (χ2v) is 13.6. The monoisotopic (exact) mass is 624 g/mol. The predicted molar refractivity (Wildman–Crippen MR) is 173 cm³/mol. The molecule has 0 atom stereocenters. The minimum atomic E-state index is -3.43. The number of hydrogen-bond acceptors (Lipinski definition) is 7. The molecule has 5 heterocycles. The second kappa shape index (κ2) is 12.1. The van der Waals surface area contributed by atoms with E-state index in [0.29, 0.717) is 28.0 Å². The molecule has 1 fully saturated rings. The zero-order valence-corrected chi connectivity index (χ0v) is 25.6. The van der Waals surface area contributed by atoms with Crippen LogP contribution in [0.15, 0.2) is 67.1 Å². The first-order valence-corrected chi connectivity index (χ1v) is 16.9. The van der Waals surface area contributed by atoms with Gasteiger partial charge in [-0.3, -0.25) is 15.1 Å². The quantitative estimate of drug-likeness (QED) is 0.153. The summed E-state index contributed by atoms with van der Waals surface area (Å²) < 4.78 is 40.2. The molecule has 0 bridgehead atoms. The minimum Gasteiger partial charge on any atom is -0.353 e. The van der Waals surface area contributed by atoms with Crippen molar-refractivity contribution in [3.63, 3.8) is 0 Å². The Morgan fingerprint density at radius 2 is 1.78 bits per heavy atom. The van der Waals surface area contributed by atoms with E-state index in [2.05, 4.69) is 41.3 Å². The van der Waals surface area contributed by atoms with Crippen molar-refractivity contribution in [3.05, 3.63) is 84.1 Å². The number of nitrogens with one attached hydrogen (secondary N) is 4. The van der Waals surface area contributed by atoms with Crippen LogP contribution in [0.3, 0.4) is 0 Å². The van der Waals surface area contributed by atoms with E-state index >= 15 is 0 Å². The van der Waals surface area contributed by atoms with Crippen LogP contribution in [-0.4, -0.2) is 51.4 Å². The summed E-state index contributed by atoms with van der Waals surface area (Å²) in [6, 6.07) is 14.3. The van der Waals surface area contributed by atoms with Gasteiger partial charge in [0.15, 0.2) is 0 Å². The van der Waals surface area contributed by atoms with Crippen LogP contribution in [-0.2, 0) is 23.1 Å². The van der Waals surface area contributed by atoms with E-state index in [1.54, 1.807) is 12.3 Å². The fraction of sp³-hybridized carbons (Fsp3) is 0.273. The third-order valence-corrected chi connectivity index (χ3v) is 8.98. The van der Waals surface area contributed by atoms with Gasteiger partial charge in [0.25, 0.3) is 0 Å². The maximum atomic E-state index is 14.6. The molecule has 230 valence electrons. The van der Waals surface area contributed by atoms with Gasteiger partial charge < -0.3 is 10.3 Å². The Morgan fingerprint density at radius 3 is 2.62 bits per heavy atom. The van der Waals surface area contributed by atoms with Crippen LogP contribution in [0, 0.1) is 11.7 Å². The minimum absolute atomic E-state index is 0.0272. The highest BCUT2D eigenvalue weighted by molar-refractivity contribution is 7.88. The summed E-state index contributed by atoms with van der Waals surface area (Å²) in [4.78, 5) is 17.4. The van der Waals surface area contributed by atoms with Gasteiger partial charge in [-0.1, -0.05) is 12.8 Å². The van der Waals surface area contributed by atoms with Gasteiger partial charge in [-0.05, 0) is 85.0 Å². The molecule has 0 aliphatic heterocycles. The van der Waals surface area contributed by atoms with Crippen molar-refractivity contribution < 1.29 is 12.8 Å². The van der Waals surface area contributed by atoms with Gasteiger partial charge in [0.05, 0.1) is 28.9 Å². The fourth-order valence-electron chi connectivity index (χ4n) is 6.12. The number of halogens is 1. The third kappa shape index (κ3) is 6.48. The molecule has 0 saturated heterocycles. The van der Waals surface area contributed by atoms with E-state index in [1.165, 1.54) is 37.8 Å². The van der Waals surface area contributed by atoms with Crippen LogP contribution in [0.5, 0.6) is 0 Å². The third-order valence-electron chi connectivity index (χ3n) is 8.31. The molecule has 45 heavy (non-hydrogen) atoms. The lowest BCUT2D eigenvalue weighted by molar-refractivity contribution is 0.489. The van der Waals surface area contributed by atoms with Gasteiger partial charge >= 0.3 is 0 Å². The van der Waals surface area contributed by atoms with Crippen LogP contribution in [0.4, 0.5) is 4.39 Å². The molecule has 1 saturated carbocycles. The largest absolute Gasteiger partial charge is 0.353 e. The van der Waals surface area contributed by atoms with Gasteiger partial charge in [-0.25, -0.2) is 22.5 Å². The van der Waals surface area contributed by atoms with E-state index in [0.717, 1.165) is 64.2 Å². The summed E-state index contributed by atoms with van der Waals surface area (Å²) in [7, 11) is -3.43. The number of rotatable bonds is 10.